The molecule has 1 unspecified atom stereocenters. The lowest BCUT2D eigenvalue weighted by atomic mass is 10.1. The van der Waals surface area contributed by atoms with E-state index in [4.69, 9.17) is 9.73 Å². The van der Waals surface area contributed by atoms with Crippen molar-refractivity contribution in [3.05, 3.63) is 29.8 Å². The van der Waals surface area contributed by atoms with E-state index >= 15 is 0 Å². The van der Waals surface area contributed by atoms with Crippen LogP contribution in [0.1, 0.15) is 45.6 Å². The van der Waals surface area contributed by atoms with Crippen LogP contribution in [0.25, 0.3) is 0 Å². The van der Waals surface area contributed by atoms with Crippen LogP contribution >= 0.6 is 24.0 Å². The molecular formula is C21H37IN4O. The lowest BCUT2D eigenvalue weighted by molar-refractivity contribution is 0.206. The number of ether oxygens (including phenoxy) is 1. The van der Waals surface area contributed by atoms with Crippen LogP contribution in [0.5, 0.6) is 5.75 Å². The molecule has 0 spiro atoms. The van der Waals surface area contributed by atoms with Crippen LogP contribution < -0.4 is 15.4 Å². The number of nitrogens with zero attached hydrogens (tertiary/aromatic N) is 2. The lowest BCUT2D eigenvalue weighted by Crippen LogP contribution is -2.49. The Morgan fingerprint density at radius 2 is 1.96 bits per heavy atom. The average molecular weight is 488 g/mol. The van der Waals surface area contributed by atoms with Gasteiger partial charge in [-0.15, -0.1) is 24.0 Å². The van der Waals surface area contributed by atoms with Gasteiger partial charge in [0.25, 0.3) is 0 Å². The summed E-state index contributed by atoms with van der Waals surface area (Å²) in [5.74, 6) is 1.85. The zero-order valence-electron chi connectivity index (χ0n) is 17.3. The zero-order valence-corrected chi connectivity index (χ0v) is 19.7. The number of guanidine groups is 1. The van der Waals surface area contributed by atoms with Gasteiger partial charge in [0.2, 0.25) is 0 Å². The van der Waals surface area contributed by atoms with Crippen LogP contribution in [-0.4, -0.2) is 55.7 Å². The molecule has 0 amide bonds. The Morgan fingerprint density at radius 1 is 1.26 bits per heavy atom. The first-order valence-electron chi connectivity index (χ1n) is 10.1. The quantitative estimate of drug-likeness (QED) is 0.332. The van der Waals surface area contributed by atoms with Gasteiger partial charge >= 0.3 is 0 Å². The number of hydrogen-bond donors (Lipinski definition) is 2. The monoisotopic (exact) mass is 488 g/mol. The second-order valence-corrected chi connectivity index (χ2v) is 7.17. The van der Waals surface area contributed by atoms with Gasteiger partial charge in [0.05, 0.1) is 6.54 Å². The van der Waals surface area contributed by atoms with Crippen molar-refractivity contribution < 1.29 is 4.74 Å². The SMILES string of the molecule is CCCN1CCC(NC(=NCC(C)Oc2ccccc2C)NCC)CC1.I. The molecule has 5 nitrogen and oxygen atoms in total. The lowest BCUT2D eigenvalue weighted by Gasteiger charge is -2.32. The number of para-hydroxylation sites is 1. The molecule has 6 heteroatoms. The second-order valence-electron chi connectivity index (χ2n) is 7.17. The van der Waals surface area contributed by atoms with E-state index in [-0.39, 0.29) is 30.1 Å². The van der Waals surface area contributed by atoms with Crippen molar-refractivity contribution in [3.63, 3.8) is 0 Å². The Morgan fingerprint density at radius 3 is 2.59 bits per heavy atom. The van der Waals surface area contributed by atoms with Crippen LogP contribution in [0, 0.1) is 6.92 Å². The molecule has 0 aromatic heterocycles. The molecule has 1 saturated heterocycles. The maximum Gasteiger partial charge on any atom is 0.191 e. The van der Waals surface area contributed by atoms with E-state index < -0.39 is 0 Å². The van der Waals surface area contributed by atoms with E-state index in [1.807, 2.05) is 18.2 Å². The van der Waals surface area contributed by atoms with E-state index in [0.29, 0.717) is 12.6 Å². The van der Waals surface area contributed by atoms with Gasteiger partial charge in [-0.05, 0) is 58.2 Å². The summed E-state index contributed by atoms with van der Waals surface area (Å²) in [6.45, 7) is 13.6. The minimum atomic E-state index is 0. The molecular weight excluding hydrogens is 451 g/mol. The number of likely N-dealkylation sites (tertiary alicyclic amines) is 1. The predicted octanol–water partition coefficient (Wildman–Crippen LogP) is 3.81. The Kier molecular flexibility index (Phi) is 11.7. The van der Waals surface area contributed by atoms with Crippen molar-refractivity contribution in [2.75, 3.05) is 32.7 Å². The standard InChI is InChI=1S/C21H36N4O.HI/c1-5-13-25-14-11-19(12-15-25)24-21(22-6-2)23-16-18(4)26-20-10-8-7-9-17(20)3;/h7-10,18-19H,5-6,11-16H2,1-4H3,(H2,22,23,24);1H. The molecule has 0 aliphatic carbocycles. The van der Waals surface area contributed by atoms with E-state index in [1.54, 1.807) is 0 Å². The molecule has 2 rings (SSSR count). The van der Waals surface area contributed by atoms with Gasteiger partial charge < -0.3 is 20.3 Å². The Bertz CT molecular complexity index is 559. The van der Waals surface area contributed by atoms with Gasteiger partial charge in [0.15, 0.2) is 5.96 Å². The highest BCUT2D eigenvalue weighted by Crippen LogP contribution is 2.17. The van der Waals surface area contributed by atoms with Gasteiger partial charge in [-0.3, -0.25) is 0 Å². The van der Waals surface area contributed by atoms with Crippen LogP contribution in [-0.2, 0) is 0 Å². The van der Waals surface area contributed by atoms with Gasteiger partial charge in [0, 0.05) is 25.7 Å². The molecule has 1 atom stereocenters. The minimum absolute atomic E-state index is 0. The fraction of sp³-hybridized carbons (Fsp3) is 0.667. The van der Waals surface area contributed by atoms with Gasteiger partial charge in [-0.25, -0.2) is 4.99 Å². The van der Waals surface area contributed by atoms with E-state index in [1.165, 1.54) is 38.9 Å². The largest absolute Gasteiger partial charge is 0.489 e. The first-order valence-corrected chi connectivity index (χ1v) is 10.1. The van der Waals surface area contributed by atoms with Crippen LogP contribution in [0.2, 0.25) is 0 Å². The first-order chi connectivity index (χ1) is 12.6. The van der Waals surface area contributed by atoms with Gasteiger partial charge in [0.1, 0.15) is 11.9 Å². The molecule has 1 aromatic carbocycles. The number of nitrogens with one attached hydrogen (secondary N) is 2. The second kappa shape index (κ2) is 13.2. The van der Waals surface area contributed by atoms with Crippen molar-refractivity contribution in [1.82, 2.24) is 15.5 Å². The molecule has 1 heterocycles. The Balaban J connectivity index is 0.00000364. The third kappa shape index (κ3) is 8.68. The number of benzene rings is 1. The van der Waals surface area contributed by atoms with E-state index in [9.17, 15) is 0 Å². The highest BCUT2D eigenvalue weighted by atomic mass is 127. The van der Waals surface area contributed by atoms with Crippen molar-refractivity contribution in [3.8, 4) is 5.75 Å². The molecule has 1 aliphatic rings. The fourth-order valence-corrected chi connectivity index (χ4v) is 3.29. The molecule has 0 radical (unpaired) electrons. The molecule has 1 aliphatic heterocycles. The molecule has 0 bridgehead atoms. The third-order valence-corrected chi connectivity index (χ3v) is 4.74. The van der Waals surface area contributed by atoms with Crippen molar-refractivity contribution in [1.29, 1.82) is 0 Å². The maximum absolute atomic E-state index is 6.04. The van der Waals surface area contributed by atoms with Crippen molar-refractivity contribution in [2.24, 2.45) is 4.99 Å². The Labute approximate surface area is 182 Å². The molecule has 2 N–H and O–H groups in total. The topological polar surface area (TPSA) is 48.9 Å². The third-order valence-electron chi connectivity index (χ3n) is 4.74. The summed E-state index contributed by atoms with van der Waals surface area (Å²) in [4.78, 5) is 7.30. The fourth-order valence-electron chi connectivity index (χ4n) is 3.29. The summed E-state index contributed by atoms with van der Waals surface area (Å²) in [6.07, 6.45) is 3.64. The van der Waals surface area contributed by atoms with E-state index in [0.717, 1.165) is 23.8 Å². The van der Waals surface area contributed by atoms with Crippen LogP contribution in [0.4, 0.5) is 0 Å². The number of piperidine rings is 1. The highest BCUT2D eigenvalue weighted by molar-refractivity contribution is 14.0. The minimum Gasteiger partial charge on any atom is -0.489 e. The number of aliphatic imine (C=N–C) groups is 1. The van der Waals surface area contributed by atoms with Crippen molar-refractivity contribution >= 4 is 29.9 Å². The number of hydrogen-bond acceptors (Lipinski definition) is 3. The summed E-state index contributed by atoms with van der Waals surface area (Å²) in [5.41, 5.74) is 1.16. The van der Waals surface area contributed by atoms with E-state index in [2.05, 4.69) is 49.3 Å². The summed E-state index contributed by atoms with van der Waals surface area (Å²) in [6, 6.07) is 8.64. The van der Waals surface area contributed by atoms with Gasteiger partial charge in [-0.1, -0.05) is 25.1 Å². The molecule has 1 fully saturated rings. The summed E-state index contributed by atoms with van der Waals surface area (Å²) >= 11 is 0. The Hall–Kier alpha value is -1.02. The molecule has 27 heavy (non-hydrogen) atoms. The summed E-state index contributed by atoms with van der Waals surface area (Å²) < 4.78 is 6.04. The maximum atomic E-state index is 6.04. The van der Waals surface area contributed by atoms with Crippen molar-refractivity contribution in [2.45, 2.75) is 59.1 Å². The number of aryl methyl sites for hydroxylation is 1. The highest BCUT2D eigenvalue weighted by Gasteiger charge is 2.19. The zero-order chi connectivity index (χ0) is 18.8. The predicted molar refractivity (Wildman–Crippen MR) is 126 cm³/mol. The first kappa shape index (κ1) is 24.0. The normalized spacial score (nSPS) is 17.1. The molecule has 0 saturated carbocycles. The summed E-state index contributed by atoms with van der Waals surface area (Å²) in [7, 11) is 0. The molecule has 154 valence electrons. The van der Waals surface area contributed by atoms with Crippen LogP contribution in [0.15, 0.2) is 29.3 Å². The average Bonchev–Trinajstić information content (AvgIpc) is 2.64. The van der Waals surface area contributed by atoms with Gasteiger partial charge in [-0.2, -0.15) is 0 Å². The molecule has 1 aromatic rings. The smallest absolute Gasteiger partial charge is 0.191 e. The number of rotatable bonds is 8. The number of halogens is 1. The summed E-state index contributed by atoms with van der Waals surface area (Å²) in [5, 5.41) is 6.97. The van der Waals surface area contributed by atoms with Crippen LogP contribution in [0.3, 0.4) is 0 Å².